The van der Waals surface area contributed by atoms with Crippen LogP contribution in [-0.2, 0) is 9.53 Å². The third kappa shape index (κ3) is 6.47. The van der Waals surface area contributed by atoms with Crippen LogP contribution in [0, 0.1) is 16.7 Å². The Bertz CT molecular complexity index is 1360. The van der Waals surface area contributed by atoms with Gasteiger partial charge in [-0.15, -0.1) is 0 Å². The molecular weight excluding hydrogens is 508 g/mol. The molecule has 0 bridgehead atoms. The molecule has 0 atom stereocenters. The monoisotopic (exact) mass is 542 g/mol. The van der Waals surface area contributed by atoms with Gasteiger partial charge in [-0.05, 0) is 62.2 Å². The maximum absolute atomic E-state index is 11.6. The molecule has 11 heteroatoms. The lowest BCUT2D eigenvalue weighted by atomic mass is 10.1. The molecule has 11 nitrogen and oxygen atoms in total. The van der Waals surface area contributed by atoms with Crippen LogP contribution in [0.3, 0.4) is 0 Å². The molecule has 1 saturated carbocycles. The van der Waals surface area contributed by atoms with Crippen molar-refractivity contribution in [1.29, 1.82) is 5.26 Å². The van der Waals surface area contributed by atoms with Crippen LogP contribution in [0.25, 0.3) is 11.4 Å². The standard InChI is InChI=1S/C29H34N8O3/c1-2-39-16-15-36-11-13-37(14-12-36)24-6-4-23(5-7-24)34-28-33-20-32-26(35-28)21-3-8-25(22(17-21)18-30)40-19-29(9-10-29)27(31)38/h3-8,17,20H,2,9-16,19H2,1H3,(H2,31,38)(H,32,33,34,35). The van der Waals surface area contributed by atoms with Crippen molar-refractivity contribution >= 4 is 23.2 Å². The van der Waals surface area contributed by atoms with Crippen LogP contribution in [0.15, 0.2) is 48.8 Å². The van der Waals surface area contributed by atoms with Crippen LogP contribution >= 0.6 is 0 Å². The van der Waals surface area contributed by atoms with Crippen molar-refractivity contribution in [1.82, 2.24) is 19.9 Å². The van der Waals surface area contributed by atoms with Crippen LogP contribution in [0.1, 0.15) is 25.3 Å². The van der Waals surface area contributed by atoms with Crippen molar-refractivity contribution in [2.75, 3.05) is 62.8 Å². The van der Waals surface area contributed by atoms with Gasteiger partial charge in [0.1, 0.15) is 24.8 Å². The van der Waals surface area contributed by atoms with Crippen molar-refractivity contribution in [2.24, 2.45) is 11.1 Å². The molecule has 0 unspecified atom stereocenters. The first-order chi connectivity index (χ1) is 19.5. The average molecular weight is 543 g/mol. The summed E-state index contributed by atoms with van der Waals surface area (Å²) in [6.45, 7) is 8.73. The molecule has 3 aromatic rings. The summed E-state index contributed by atoms with van der Waals surface area (Å²) in [5.41, 5.74) is 7.90. The molecule has 2 fully saturated rings. The Morgan fingerprint density at radius 2 is 1.90 bits per heavy atom. The van der Waals surface area contributed by atoms with Crippen molar-refractivity contribution in [2.45, 2.75) is 19.8 Å². The number of amides is 1. The number of rotatable bonds is 12. The lowest BCUT2D eigenvalue weighted by Gasteiger charge is -2.36. The van der Waals surface area contributed by atoms with Crippen molar-refractivity contribution in [3.05, 3.63) is 54.4 Å². The van der Waals surface area contributed by atoms with Gasteiger partial charge in [-0.3, -0.25) is 9.69 Å². The summed E-state index contributed by atoms with van der Waals surface area (Å²) in [7, 11) is 0. The van der Waals surface area contributed by atoms with E-state index in [0.29, 0.717) is 41.5 Å². The molecule has 1 aromatic heterocycles. The number of aromatic nitrogens is 3. The van der Waals surface area contributed by atoms with Gasteiger partial charge in [0, 0.05) is 56.3 Å². The quantitative estimate of drug-likeness (QED) is 0.328. The molecular formula is C29H34N8O3. The number of primary amides is 1. The Labute approximate surface area is 233 Å². The maximum Gasteiger partial charge on any atom is 0.230 e. The zero-order valence-electron chi connectivity index (χ0n) is 22.7. The fourth-order valence-corrected chi connectivity index (χ4v) is 4.66. The van der Waals surface area contributed by atoms with Gasteiger partial charge in [0.05, 0.1) is 17.6 Å². The van der Waals surface area contributed by atoms with Gasteiger partial charge in [0.25, 0.3) is 0 Å². The number of nitrogens with two attached hydrogens (primary N) is 1. The average Bonchev–Trinajstić information content (AvgIpc) is 3.79. The van der Waals surface area contributed by atoms with E-state index in [1.54, 1.807) is 18.2 Å². The van der Waals surface area contributed by atoms with E-state index < -0.39 is 5.41 Å². The van der Waals surface area contributed by atoms with Crippen LogP contribution < -0.4 is 20.7 Å². The summed E-state index contributed by atoms with van der Waals surface area (Å²) >= 11 is 0. The Hall–Kier alpha value is -4.27. The highest BCUT2D eigenvalue weighted by Gasteiger charge is 2.49. The molecule has 1 saturated heterocycles. The number of nitriles is 1. The summed E-state index contributed by atoms with van der Waals surface area (Å²) in [5.74, 6) is 0.861. The lowest BCUT2D eigenvalue weighted by Crippen LogP contribution is -2.47. The molecule has 1 aliphatic carbocycles. The second-order valence-corrected chi connectivity index (χ2v) is 10.1. The highest BCUT2D eigenvalue weighted by molar-refractivity contribution is 5.83. The van der Waals surface area contributed by atoms with Crippen molar-refractivity contribution in [3.8, 4) is 23.2 Å². The number of anilines is 3. The number of piperazine rings is 1. The second kappa shape index (κ2) is 12.3. The minimum atomic E-state index is -0.614. The normalized spacial score (nSPS) is 16.2. The first-order valence-electron chi connectivity index (χ1n) is 13.6. The van der Waals surface area contributed by atoms with Crippen LogP contribution in [0.5, 0.6) is 5.75 Å². The summed E-state index contributed by atoms with van der Waals surface area (Å²) < 4.78 is 11.3. The topological polar surface area (TPSA) is 143 Å². The molecule has 0 radical (unpaired) electrons. The zero-order valence-corrected chi connectivity index (χ0v) is 22.7. The van der Waals surface area contributed by atoms with Crippen LogP contribution in [-0.4, -0.2) is 78.3 Å². The number of nitrogens with one attached hydrogen (secondary N) is 1. The number of hydrogen-bond donors (Lipinski definition) is 2. The van der Waals surface area contributed by atoms with Crippen molar-refractivity contribution in [3.63, 3.8) is 0 Å². The van der Waals surface area contributed by atoms with Crippen LogP contribution in [0.2, 0.25) is 0 Å². The summed E-state index contributed by atoms with van der Waals surface area (Å²) in [6.07, 6.45) is 2.85. The molecule has 0 spiro atoms. The number of carbonyl (C=O) groups excluding carboxylic acids is 1. The molecule has 5 rings (SSSR count). The Balaban J connectivity index is 1.19. The number of carbonyl (C=O) groups is 1. The van der Waals surface area contributed by atoms with E-state index in [-0.39, 0.29) is 12.5 Å². The Kier molecular flexibility index (Phi) is 8.38. The Morgan fingerprint density at radius 1 is 1.12 bits per heavy atom. The first-order valence-corrected chi connectivity index (χ1v) is 13.6. The SMILES string of the molecule is CCOCCN1CCN(c2ccc(Nc3ncnc(-c4ccc(OCC5(C(N)=O)CC5)c(C#N)c4)n3)cc2)CC1. The lowest BCUT2D eigenvalue weighted by molar-refractivity contribution is -0.124. The third-order valence-corrected chi connectivity index (χ3v) is 7.43. The fraction of sp³-hybridized carbons (Fsp3) is 0.414. The van der Waals surface area contributed by atoms with Crippen molar-refractivity contribution < 1.29 is 14.3 Å². The molecule has 208 valence electrons. The predicted molar refractivity (Wildman–Crippen MR) is 151 cm³/mol. The van der Waals surface area contributed by atoms with Gasteiger partial charge in [-0.1, -0.05) is 0 Å². The van der Waals surface area contributed by atoms with E-state index >= 15 is 0 Å². The van der Waals surface area contributed by atoms with Gasteiger partial charge in [-0.2, -0.15) is 10.2 Å². The van der Waals surface area contributed by atoms with E-state index in [1.807, 2.05) is 19.1 Å². The van der Waals surface area contributed by atoms with E-state index in [9.17, 15) is 10.1 Å². The molecule has 2 aromatic carbocycles. The highest BCUT2D eigenvalue weighted by atomic mass is 16.5. The molecule has 3 N–H and O–H groups in total. The van der Waals surface area contributed by atoms with Gasteiger partial charge < -0.3 is 25.4 Å². The van der Waals surface area contributed by atoms with E-state index in [2.05, 4.69) is 48.3 Å². The number of benzene rings is 2. The minimum Gasteiger partial charge on any atom is -0.491 e. The van der Waals surface area contributed by atoms with E-state index in [1.165, 1.54) is 12.0 Å². The van der Waals surface area contributed by atoms with Gasteiger partial charge in [0.2, 0.25) is 11.9 Å². The fourth-order valence-electron chi connectivity index (χ4n) is 4.66. The maximum atomic E-state index is 11.6. The first kappa shape index (κ1) is 27.3. The zero-order chi connectivity index (χ0) is 28.0. The Morgan fingerprint density at radius 3 is 2.58 bits per heavy atom. The summed E-state index contributed by atoms with van der Waals surface area (Å²) in [4.78, 5) is 29.6. The predicted octanol–water partition coefficient (Wildman–Crippen LogP) is 2.96. The van der Waals surface area contributed by atoms with E-state index in [4.69, 9.17) is 15.2 Å². The largest absolute Gasteiger partial charge is 0.491 e. The number of hydrogen-bond acceptors (Lipinski definition) is 10. The number of nitrogens with zero attached hydrogens (tertiary/aromatic N) is 6. The van der Waals surface area contributed by atoms with Gasteiger partial charge in [0.15, 0.2) is 5.82 Å². The third-order valence-electron chi connectivity index (χ3n) is 7.43. The minimum absolute atomic E-state index is 0.166. The summed E-state index contributed by atoms with van der Waals surface area (Å²) in [6, 6.07) is 15.5. The smallest absolute Gasteiger partial charge is 0.230 e. The number of ether oxygens (including phenoxy) is 2. The van der Waals surface area contributed by atoms with Crippen LogP contribution in [0.4, 0.5) is 17.3 Å². The molecule has 1 aliphatic heterocycles. The molecule has 2 heterocycles. The molecule has 1 amide bonds. The molecule has 2 aliphatic rings. The second-order valence-electron chi connectivity index (χ2n) is 10.1. The van der Waals surface area contributed by atoms with E-state index in [0.717, 1.165) is 51.6 Å². The molecule has 40 heavy (non-hydrogen) atoms. The van der Waals surface area contributed by atoms with Gasteiger partial charge in [-0.25, -0.2) is 9.97 Å². The van der Waals surface area contributed by atoms with Gasteiger partial charge >= 0.3 is 0 Å². The highest BCUT2D eigenvalue weighted by Crippen LogP contribution is 2.45. The summed E-state index contributed by atoms with van der Waals surface area (Å²) in [5, 5.41) is 12.9.